The van der Waals surface area contributed by atoms with E-state index in [0.717, 1.165) is 10.9 Å². The average molecular weight is 343 g/mol. The minimum Gasteiger partial charge on any atom is -0.350 e. The van der Waals surface area contributed by atoms with Gasteiger partial charge in [-0.25, -0.2) is 0 Å². The molecule has 1 amide bonds. The van der Waals surface area contributed by atoms with Crippen LogP contribution in [0.25, 0.3) is 0 Å². The van der Waals surface area contributed by atoms with Crippen LogP contribution in [0.2, 0.25) is 0 Å². The number of pyridine rings is 1. The molecule has 1 heterocycles. The van der Waals surface area contributed by atoms with E-state index in [1.807, 2.05) is 13.8 Å². The van der Waals surface area contributed by atoms with Crippen molar-refractivity contribution in [3.05, 3.63) is 33.2 Å². The highest BCUT2D eigenvalue weighted by Crippen LogP contribution is 2.26. The van der Waals surface area contributed by atoms with Crippen molar-refractivity contribution in [3.8, 4) is 0 Å². The molecule has 1 rings (SSSR count). The highest BCUT2D eigenvalue weighted by molar-refractivity contribution is 9.10. The van der Waals surface area contributed by atoms with Crippen LogP contribution >= 0.6 is 15.9 Å². The maximum absolute atomic E-state index is 12.1. The Kier molecular flexibility index (Phi) is 5.19. The van der Waals surface area contributed by atoms with Crippen molar-refractivity contribution < 1.29 is 4.79 Å². The molecule has 4 nitrogen and oxygen atoms in total. The standard InChI is InChI=1S/C15H23BrN2O2/c1-14(2,3)10-15(4,5)17-12(19)9-18-8-11(16)6-7-13(18)20/h6-8H,9-10H2,1-5H3,(H,17,19). The van der Waals surface area contributed by atoms with Crippen LogP contribution in [0.15, 0.2) is 27.6 Å². The maximum atomic E-state index is 12.1. The van der Waals surface area contributed by atoms with E-state index < -0.39 is 0 Å². The number of nitrogens with zero attached hydrogens (tertiary/aromatic N) is 1. The molecule has 0 aliphatic rings. The van der Waals surface area contributed by atoms with E-state index in [0.29, 0.717) is 0 Å². The normalized spacial score (nSPS) is 12.3. The zero-order valence-corrected chi connectivity index (χ0v) is 14.4. The van der Waals surface area contributed by atoms with Crippen LogP contribution in [-0.2, 0) is 11.3 Å². The zero-order valence-electron chi connectivity index (χ0n) is 12.8. The molecular weight excluding hydrogens is 320 g/mol. The van der Waals surface area contributed by atoms with Gasteiger partial charge >= 0.3 is 0 Å². The van der Waals surface area contributed by atoms with E-state index in [4.69, 9.17) is 0 Å². The van der Waals surface area contributed by atoms with Crippen LogP contribution in [-0.4, -0.2) is 16.0 Å². The van der Waals surface area contributed by atoms with Gasteiger partial charge in [0.2, 0.25) is 5.91 Å². The molecule has 0 spiro atoms. The van der Waals surface area contributed by atoms with Gasteiger partial charge < -0.3 is 9.88 Å². The summed E-state index contributed by atoms with van der Waals surface area (Å²) in [5.74, 6) is -0.153. The first-order chi connectivity index (χ1) is 8.98. The number of carbonyl (C=O) groups excluding carboxylic acids is 1. The predicted octanol–water partition coefficient (Wildman–Crippen LogP) is 2.94. The molecule has 0 saturated carbocycles. The van der Waals surface area contributed by atoms with E-state index in [2.05, 4.69) is 42.0 Å². The molecule has 0 aliphatic heterocycles. The third kappa shape index (κ3) is 5.90. The minimum absolute atomic E-state index is 0.0336. The fraction of sp³-hybridized carbons (Fsp3) is 0.600. The highest BCUT2D eigenvalue weighted by Gasteiger charge is 2.26. The van der Waals surface area contributed by atoms with Crippen molar-refractivity contribution in [2.24, 2.45) is 5.41 Å². The lowest BCUT2D eigenvalue weighted by Crippen LogP contribution is -2.47. The minimum atomic E-state index is -0.301. The Morgan fingerprint density at radius 2 is 1.85 bits per heavy atom. The number of rotatable bonds is 4. The van der Waals surface area contributed by atoms with Gasteiger partial charge in [-0.15, -0.1) is 0 Å². The van der Waals surface area contributed by atoms with E-state index in [9.17, 15) is 9.59 Å². The summed E-state index contributed by atoms with van der Waals surface area (Å²) in [6.07, 6.45) is 2.48. The first-order valence-electron chi connectivity index (χ1n) is 6.66. The van der Waals surface area contributed by atoms with Gasteiger partial charge in [-0.05, 0) is 47.7 Å². The third-order valence-corrected chi connectivity index (χ3v) is 3.18. The number of hydrogen-bond donors (Lipinski definition) is 1. The summed E-state index contributed by atoms with van der Waals surface area (Å²) in [6.45, 7) is 10.4. The molecule has 20 heavy (non-hydrogen) atoms. The van der Waals surface area contributed by atoms with Gasteiger partial charge in [0.15, 0.2) is 0 Å². The highest BCUT2D eigenvalue weighted by atomic mass is 79.9. The number of amides is 1. The largest absolute Gasteiger partial charge is 0.350 e. The van der Waals surface area contributed by atoms with Crippen molar-refractivity contribution in [1.29, 1.82) is 0 Å². The van der Waals surface area contributed by atoms with Gasteiger partial charge in [-0.1, -0.05) is 20.8 Å². The summed E-state index contributed by atoms with van der Waals surface area (Å²) in [7, 11) is 0. The number of aromatic nitrogens is 1. The second-order valence-electron chi connectivity index (χ2n) is 6.98. The Hall–Kier alpha value is -1.10. The first-order valence-corrected chi connectivity index (χ1v) is 7.45. The molecule has 5 heteroatoms. The van der Waals surface area contributed by atoms with E-state index in [1.54, 1.807) is 12.3 Å². The second-order valence-corrected chi connectivity index (χ2v) is 7.90. The molecule has 0 unspecified atom stereocenters. The summed E-state index contributed by atoms with van der Waals surface area (Å²) >= 11 is 3.30. The monoisotopic (exact) mass is 342 g/mol. The Morgan fingerprint density at radius 3 is 2.40 bits per heavy atom. The van der Waals surface area contributed by atoms with Crippen LogP contribution in [0.4, 0.5) is 0 Å². The van der Waals surface area contributed by atoms with Gasteiger partial charge in [0.1, 0.15) is 6.54 Å². The smallest absolute Gasteiger partial charge is 0.251 e. The van der Waals surface area contributed by atoms with Crippen molar-refractivity contribution in [2.45, 2.75) is 53.1 Å². The fourth-order valence-electron chi connectivity index (χ4n) is 2.57. The molecule has 0 fully saturated rings. The third-order valence-electron chi connectivity index (χ3n) is 2.71. The Balaban J connectivity index is 2.73. The van der Waals surface area contributed by atoms with Crippen molar-refractivity contribution in [2.75, 3.05) is 0 Å². The van der Waals surface area contributed by atoms with E-state index in [1.165, 1.54) is 10.6 Å². The van der Waals surface area contributed by atoms with E-state index >= 15 is 0 Å². The number of nitrogens with one attached hydrogen (secondary N) is 1. The van der Waals surface area contributed by atoms with Crippen molar-refractivity contribution in [3.63, 3.8) is 0 Å². The summed E-state index contributed by atoms with van der Waals surface area (Å²) < 4.78 is 2.17. The zero-order chi connectivity index (χ0) is 15.6. The number of hydrogen-bond acceptors (Lipinski definition) is 2. The lowest BCUT2D eigenvalue weighted by Gasteiger charge is -2.33. The second kappa shape index (κ2) is 6.12. The van der Waals surface area contributed by atoms with Gasteiger partial charge in [0.05, 0.1) is 0 Å². The molecule has 0 bridgehead atoms. The number of halogens is 1. The molecule has 1 aromatic rings. The van der Waals surface area contributed by atoms with Crippen LogP contribution in [0, 0.1) is 5.41 Å². The van der Waals surface area contributed by atoms with Crippen LogP contribution in [0.3, 0.4) is 0 Å². The van der Waals surface area contributed by atoms with Crippen molar-refractivity contribution >= 4 is 21.8 Å². The van der Waals surface area contributed by atoms with E-state index in [-0.39, 0.29) is 29.0 Å². The molecule has 0 radical (unpaired) electrons. The summed E-state index contributed by atoms with van der Waals surface area (Å²) in [5, 5.41) is 2.99. The molecule has 1 aromatic heterocycles. The van der Waals surface area contributed by atoms with Gasteiger partial charge in [0.25, 0.3) is 5.56 Å². The fourth-order valence-corrected chi connectivity index (χ4v) is 2.95. The van der Waals surface area contributed by atoms with Crippen LogP contribution in [0.5, 0.6) is 0 Å². The summed E-state index contributed by atoms with van der Waals surface area (Å²) in [5.41, 5.74) is -0.356. The van der Waals surface area contributed by atoms with Gasteiger partial charge in [-0.2, -0.15) is 0 Å². The number of carbonyl (C=O) groups is 1. The lowest BCUT2D eigenvalue weighted by molar-refractivity contribution is -0.123. The quantitative estimate of drug-likeness (QED) is 0.914. The van der Waals surface area contributed by atoms with Gasteiger partial charge in [0, 0.05) is 22.3 Å². The Morgan fingerprint density at radius 1 is 1.25 bits per heavy atom. The predicted molar refractivity (Wildman–Crippen MR) is 84.7 cm³/mol. The molecule has 1 N–H and O–H groups in total. The molecule has 0 aromatic carbocycles. The molecule has 0 saturated heterocycles. The molecule has 112 valence electrons. The van der Waals surface area contributed by atoms with Crippen LogP contribution < -0.4 is 10.9 Å². The van der Waals surface area contributed by atoms with Gasteiger partial charge in [-0.3, -0.25) is 9.59 Å². The summed E-state index contributed by atoms with van der Waals surface area (Å²) in [4.78, 5) is 23.8. The van der Waals surface area contributed by atoms with Crippen LogP contribution in [0.1, 0.15) is 41.0 Å². The topological polar surface area (TPSA) is 51.1 Å². The van der Waals surface area contributed by atoms with Crippen molar-refractivity contribution in [1.82, 2.24) is 9.88 Å². The maximum Gasteiger partial charge on any atom is 0.251 e. The first kappa shape index (κ1) is 17.0. The Bertz CT molecular complexity index is 542. The Labute approximate surface area is 128 Å². The molecule has 0 aliphatic carbocycles. The SMILES string of the molecule is CC(C)(C)CC(C)(C)NC(=O)Cn1cc(Br)ccc1=O. The molecule has 0 atom stereocenters. The molecular formula is C15H23BrN2O2. The summed E-state index contributed by atoms with van der Waals surface area (Å²) in [6, 6.07) is 3.11. The average Bonchev–Trinajstić information content (AvgIpc) is 2.18. The lowest BCUT2D eigenvalue weighted by atomic mass is 9.82.